The molecule has 21 heavy (non-hydrogen) atoms. The summed E-state index contributed by atoms with van der Waals surface area (Å²) in [4.78, 5) is 14.1. The average molecular weight is 402 g/mol. The van der Waals surface area contributed by atoms with Crippen molar-refractivity contribution in [3.63, 3.8) is 0 Å². The summed E-state index contributed by atoms with van der Waals surface area (Å²) in [5.74, 6) is -0.319. The summed E-state index contributed by atoms with van der Waals surface area (Å²) < 4.78 is 15.7. The summed E-state index contributed by atoms with van der Waals surface area (Å²) in [5, 5.41) is 6.91. The summed E-state index contributed by atoms with van der Waals surface area (Å²) in [6.07, 6.45) is 1.80. The van der Waals surface area contributed by atoms with Crippen molar-refractivity contribution in [3.05, 3.63) is 45.4 Å². The highest BCUT2D eigenvalue weighted by Gasteiger charge is 2.10. The van der Waals surface area contributed by atoms with E-state index >= 15 is 0 Å². The maximum absolute atomic E-state index is 13.4. The van der Waals surface area contributed by atoms with Gasteiger partial charge in [-0.05, 0) is 54.9 Å². The Balaban J connectivity index is 2.00. The molecule has 1 aromatic carbocycles. The lowest BCUT2D eigenvalue weighted by Gasteiger charge is -2.08. The quantitative estimate of drug-likeness (QED) is 0.782. The fourth-order valence-corrected chi connectivity index (χ4v) is 2.02. The van der Waals surface area contributed by atoms with Crippen LogP contribution in [-0.2, 0) is 6.54 Å². The minimum Gasteiger partial charge on any atom is -0.308 e. The van der Waals surface area contributed by atoms with Crippen LogP contribution < -0.4 is 5.32 Å². The van der Waals surface area contributed by atoms with Crippen LogP contribution in [0, 0.1) is 9.39 Å². The number of halogens is 2. The first-order valence-corrected chi connectivity index (χ1v) is 7.48. The highest BCUT2D eigenvalue weighted by molar-refractivity contribution is 14.1. The van der Waals surface area contributed by atoms with E-state index < -0.39 is 5.82 Å². The number of nitrogens with one attached hydrogen (secondary N) is 1. The van der Waals surface area contributed by atoms with Crippen LogP contribution in [0.15, 0.2) is 30.5 Å². The van der Waals surface area contributed by atoms with Crippen molar-refractivity contribution in [1.82, 2.24) is 14.7 Å². The monoisotopic (exact) mass is 402 g/mol. The molecule has 0 fully saturated rings. The lowest BCUT2D eigenvalue weighted by molar-refractivity contribution is 0.102. The first-order chi connectivity index (χ1) is 9.95. The Morgan fingerprint density at radius 3 is 2.86 bits per heavy atom. The molecule has 0 aliphatic carbocycles. The van der Waals surface area contributed by atoms with Crippen molar-refractivity contribution in [1.29, 1.82) is 0 Å². The summed E-state index contributed by atoms with van der Waals surface area (Å²) >= 11 is 1.88. The summed E-state index contributed by atoms with van der Waals surface area (Å²) in [6.45, 7) is 1.60. The van der Waals surface area contributed by atoms with Crippen molar-refractivity contribution in [3.8, 4) is 0 Å². The van der Waals surface area contributed by atoms with Gasteiger partial charge in [0, 0.05) is 27.9 Å². The second-order valence-electron chi connectivity index (χ2n) is 4.85. The Morgan fingerprint density at radius 2 is 2.19 bits per heavy atom. The van der Waals surface area contributed by atoms with Crippen LogP contribution >= 0.6 is 22.6 Å². The number of carbonyl (C=O) groups is 1. The Labute approximate surface area is 136 Å². The van der Waals surface area contributed by atoms with Crippen LogP contribution in [0.25, 0.3) is 0 Å². The van der Waals surface area contributed by atoms with Gasteiger partial charge < -0.3 is 10.2 Å². The Kier molecular flexibility index (Phi) is 5.29. The second kappa shape index (κ2) is 6.99. The van der Waals surface area contributed by atoms with Crippen LogP contribution in [0.4, 0.5) is 10.2 Å². The molecule has 0 spiro atoms. The molecule has 2 aromatic rings. The van der Waals surface area contributed by atoms with Crippen molar-refractivity contribution in [2.75, 3.05) is 26.0 Å². The van der Waals surface area contributed by atoms with Gasteiger partial charge in [0.25, 0.3) is 5.91 Å². The molecule has 1 amide bonds. The molecular formula is C14H16FIN4O. The predicted octanol–water partition coefficient (Wildman–Crippen LogP) is 2.44. The van der Waals surface area contributed by atoms with Gasteiger partial charge in [0.2, 0.25) is 0 Å². The largest absolute Gasteiger partial charge is 0.308 e. The number of benzene rings is 1. The molecular weight excluding hydrogens is 386 g/mol. The zero-order chi connectivity index (χ0) is 15.4. The van der Waals surface area contributed by atoms with Gasteiger partial charge in [-0.25, -0.2) is 4.39 Å². The number of hydrogen-bond donors (Lipinski definition) is 1. The normalized spacial score (nSPS) is 10.9. The minimum absolute atomic E-state index is 0.274. The van der Waals surface area contributed by atoms with Crippen molar-refractivity contribution in [2.24, 2.45) is 0 Å². The predicted molar refractivity (Wildman–Crippen MR) is 87.9 cm³/mol. The van der Waals surface area contributed by atoms with Crippen LogP contribution in [0.1, 0.15) is 10.4 Å². The SMILES string of the molecule is CN(C)CCn1ccc(NC(=O)c2ccc(I)c(F)c2)n1. The molecule has 0 aliphatic rings. The molecule has 0 atom stereocenters. The van der Waals surface area contributed by atoms with Crippen molar-refractivity contribution >= 4 is 34.3 Å². The van der Waals surface area contributed by atoms with Crippen molar-refractivity contribution in [2.45, 2.75) is 6.54 Å². The van der Waals surface area contributed by atoms with Gasteiger partial charge in [0.1, 0.15) is 5.82 Å². The third-order valence-electron chi connectivity index (χ3n) is 2.84. The Hall–Kier alpha value is -1.48. The van der Waals surface area contributed by atoms with Crippen LogP contribution in [0.3, 0.4) is 0 Å². The van der Waals surface area contributed by atoms with Gasteiger partial charge in [0.05, 0.1) is 6.54 Å². The van der Waals surface area contributed by atoms with E-state index in [1.807, 2.05) is 41.6 Å². The maximum atomic E-state index is 13.4. The zero-order valence-corrected chi connectivity index (χ0v) is 14.0. The Morgan fingerprint density at radius 1 is 1.43 bits per heavy atom. The van der Waals surface area contributed by atoms with E-state index in [1.54, 1.807) is 29.1 Å². The van der Waals surface area contributed by atoms with E-state index in [2.05, 4.69) is 10.4 Å². The third-order valence-corrected chi connectivity index (χ3v) is 3.72. The number of carbonyl (C=O) groups excluding carboxylic acids is 1. The van der Waals surface area contributed by atoms with E-state index in [-0.39, 0.29) is 11.5 Å². The van der Waals surface area contributed by atoms with E-state index in [1.165, 1.54) is 6.07 Å². The van der Waals surface area contributed by atoms with Crippen LogP contribution in [0.2, 0.25) is 0 Å². The Bertz CT molecular complexity index is 642. The third kappa shape index (κ3) is 4.50. The molecule has 0 aliphatic heterocycles. The standard InChI is InChI=1S/C14H16FIN4O/c1-19(2)7-8-20-6-5-13(18-20)17-14(21)10-3-4-12(16)11(15)9-10/h3-6,9H,7-8H2,1-2H3,(H,17,18,21). The molecule has 1 heterocycles. The highest BCUT2D eigenvalue weighted by Crippen LogP contribution is 2.14. The first kappa shape index (κ1) is 15.9. The number of anilines is 1. The zero-order valence-electron chi connectivity index (χ0n) is 11.8. The van der Waals surface area contributed by atoms with Gasteiger partial charge >= 0.3 is 0 Å². The molecule has 0 radical (unpaired) electrons. The van der Waals surface area contributed by atoms with Gasteiger partial charge in [-0.1, -0.05) is 0 Å². The van der Waals surface area contributed by atoms with E-state index in [9.17, 15) is 9.18 Å². The second-order valence-corrected chi connectivity index (χ2v) is 6.01. The molecule has 0 bridgehead atoms. The molecule has 7 heteroatoms. The van der Waals surface area contributed by atoms with Gasteiger partial charge in [-0.2, -0.15) is 5.10 Å². The summed E-state index contributed by atoms with van der Waals surface area (Å²) in [7, 11) is 3.97. The van der Waals surface area contributed by atoms with Gasteiger partial charge in [0.15, 0.2) is 5.82 Å². The van der Waals surface area contributed by atoms with Crippen LogP contribution in [0.5, 0.6) is 0 Å². The van der Waals surface area contributed by atoms with Crippen molar-refractivity contribution < 1.29 is 9.18 Å². The molecule has 1 aromatic heterocycles. The number of aromatic nitrogens is 2. The van der Waals surface area contributed by atoms with E-state index in [4.69, 9.17) is 0 Å². The fraction of sp³-hybridized carbons (Fsp3) is 0.286. The van der Waals surface area contributed by atoms with Gasteiger partial charge in [-0.3, -0.25) is 9.48 Å². The maximum Gasteiger partial charge on any atom is 0.256 e. The molecule has 1 N–H and O–H groups in total. The molecule has 0 unspecified atom stereocenters. The summed E-state index contributed by atoms with van der Waals surface area (Å²) in [6, 6.07) is 6.10. The van der Waals surface area contributed by atoms with E-state index in [0.717, 1.165) is 13.1 Å². The topological polar surface area (TPSA) is 50.2 Å². The summed E-state index contributed by atoms with van der Waals surface area (Å²) in [5.41, 5.74) is 0.274. The van der Waals surface area contributed by atoms with E-state index in [0.29, 0.717) is 9.39 Å². The number of nitrogens with zero attached hydrogens (tertiary/aromatic N) is 3. The molecule has 112 valence electrons. The highest BCUT2D eigenvalue weighted by atomic mass is 127. The molecule has 5 nitrogen and oxygen atoms in total. The molecule has 2 rings (SSSR count). The average Bonchev–Trinajstić information content (AvgIpc) is 2.87. The lowest BCUT2D eigenvalue weighted by Crippen LogP contribution is -2.19. The smallest absolute Gasteiger partial charge is 0.256 e. The van der Waals surface area contributed by atoms with Crippen LogP contribution in [-0.4, -0.2) is 41.2 Å². The number of amides is 1. The minimum atomic E-state index is -0.403. The lowest BCUT2D eigenvalue weighted by atomic mass is 10.2. The number of rotatable bonds is 5. The molecule has 0 saturated carbocycles. The number of likely N-dealkylation sites (N-methyl/N-ethyl adjacent to an activating group) is 1. The first-order valence-electron chi connectivity index (χ1n) is 6.40. The van der Waals surface area contributed by atoms with Gasteiger partial charge in [-0.15, -0.1) is 0 Å². The number of hydrogen-bond acceptors (Lipinski definition) is 3. The molecule has 0 saturated heterocycles. The fourth-order valence-electron chi connectivity index (χ4n) is 1.68.